The second kappa shape index (κ2) is 5.11. The minimum Gasteiger partial charge on any atom is -0.471 e. The maximum atomic E-state index is 11.3. The number of rotatable bonds is 4. The molecule has 0 heterocycles. The highest BCUT2D eigenvalue weighted by Crippen LogP contribution is 2.16. The molecule has 0 spiro atoms. The van der Waals surface area contributed by atoms with Crippen LogP contribution in [0.15, 0.2) is 0 Å². The maximum absolute atomic E-state index is 11.3. The monoisotopic (exact) mass is 240 g/mol. The standard InChI is InChI=1S/C8H17ClO4Si/c1-8(2,3)12-13-14(5,6-9)7(10)11-4/h6H2,1-5H3. The summed E-state index contributed by atoms with van der Waals surface area (Å²) in [7, 11) is -1.45. The fourth-order valence-electron chi connectivity index (χ4n) is 0.544. The van der Waals surface area contributed by atoms with E-state index in [1.165, 1.54) is 7.11 Å². The predicted octanol–water partition coefficient (Wildman–Crippen LogP) is 2.43. The van der Waals surface area contributed by atoms with Crippen molar-refractivity contribution >= 4 is 25.5 Å². The van der Waals surface area contributed by atoms with Crippen LogP contribution in [-0.2, 0) is 14.2 Å². The van der Waals surface area contributed by atoms with Crippen LogP contribution in [0.3, 0.4) is 0 Å². The summed E-state index contributed by atoms with van der Waals surface area (Å²) >= 11 is 5.67. The summed E-state index contributed by atoms with van der Waals surface area (Å²) in [5, 5.41) is 0. The molecule has 1 unspecified atom stereocenters. The molecule has 0 aromatic rings. The second-order valence-corrected chi connectivity index (χ2v) is 8.24. The highest BCUT2D eigenvalue weighted by Gasteiger charge is 2.42. The topological polar surface area (TPSA) is 44.8 Å². The number of hydrogen-bond donors (Lipinski definition) is 0. The van der Waals surface area contributed by atoms with Crippen molar-refractivity contribution in [2.75, 3.05) is 12.6 Å². The van der Waals surface area contributed by atoms with E-state index in [-0.39, 0.29) is 5.50 Å². The average Bonchev–Trinajstić information content (AvgIpc) is 2.11. The van der Waals surface area contributed by atoms with Crippen LogP contribution >= 0.6 is 11.6 Å². The normalized spacial score (nSPS) is 16.1. The van der Waals surface area contributed by atoms with E-state index in [2.05, 4.69) is 4.74 Å². The number of carbonyl (C=O) groups excluding carboxylic acids is 1. The summed E-state index contributed by atoms with van der Waals surface area (Å²) in [6, 6.07) is 0. The molecule has 0 aliphatic heterocycles. The minimum absolute atomic E-state index is 0.107. The molecule has 0 bridgehead atoms. The number of halogens is 1. The van der Waals surface area contributed by atoms with E-state index in [0.717, 1.165) is 0 Å². The van der Waals surface area contributed by atoms with Crippen molar-refractivity contribution in [3.05, 3.63) is 0 Å². The van der Waals surface area contributed by atoms with E-state index in [1.807, 2.05) is 20.8 Å². The molecule has 0 N–H and O–H groups in total. The van der Waals surface area contributed by atoms with Gasteiger partial charge in [-0.2, -0.15) is 0 Å². The Hall–Kier alpha value is -0.103. The molecule has 0 amide bonds. The van der Waals surface area contributed by atoms with Crippen LogP contribution in [0.2, 0.25) is 6.55 Å². The fraction of sp³-hybridized carbons (Fsp3) is 0.875. The maximum Gasteiger partial charge on any atom is 0.372 e. The second-order valence-electron chi connectivity index (χ2n) is 4.14. The Labute approximate surface area is 90.5 Å². The molecule has 4 nitrogen and oxygen atoms in total. The lowest BCUT2D eigenvalue weighted by Crippen LogP contribution is -2.48. The fourth-order valence-corrected chi connectivity index (χ4v) is 2.09. The van der Waals surface area contributed by atoms with Crippen molar-refractivity contribution in [1.29, 1.82) is 0 Å². The van der Waals surface area contributed by atoms with E-state index in [1.54, 1.807) is 6.55 Å². The highest BCUT2D eigenvalue weighted by molar-refractivity contribution is 7.02. The molecule has 0 fully saturated rings. The lowest BCUT2D eigenvalue weighted by Gasteiger charge is -2.25. The Balaban J connectivity index is 4.34. The van der Waals surface area contributed by atoms with Crippen molar-refractivity contribution < 1.29 is 19.0 Å². The van der Waals surface area contributed by atoms with Gasteiger partial charge in [0.2, 0.25) is 0 Å². The van der Waals surface area contributed by atoms with Gasteiger partial charge >= 0.3 is 13.9 Å². The number of alkyl halides is 1. The Kier molecular flexibility index (Phi) is 5.07. The molecule has 0 saturated carbocycles. The Morgan fingerprint density at radius 3 is 2.21 bits per heavy atom. The van der Waals surface area contributed by atoms with Crippen LogP contribution in [0.5, 0.6) is 0 Å². The van der Waals surface area contributed by atoms with Gasteiger partial charge in [-0.1, -0.05) is 0 Å². The minimum atomic E-state index is -2.75. The quantitative estimate of drug-likeness (QED) is 0.328. The number of carbonyl (C=O) groups is 1. The predicted molar refractivity (Wildman–Crippen MR) is 56.7 cm³/mol. The number of methoxy groups -OCH3 is 1. The highest BCUT2D eigenvalue weighted by atomic mass is 35.5. The zero-order chi connectivity index (χ0) is 11.4. The largest absolute Gasteiger partial charge is 0.471 e. The Bertz CT molecular complexity index is 204. The molecule has 0 rings (SSSR count). The van der Waals surface area contributed by atoms with Crippen molar-refractivity contribution in [3.63, 3.8) is 0 Å². The zero-order valence-electron chi connectivity index (χ0n) is 9.22. The van der Waals surface area contributed by atoms with Gasteiger partial charge in [-0.05, 0) is 27.3 Å². The third-order valence-electron chi connectivity index (χ3n) is 1.35. The van der Waals surface area contributed by atoms with E-state index in [4.69, 9.17) is 21.1 Å². The summed E-state index contributed by atoms with van der Waals surface area (Å²) in [6.45, 7) is 7.13. The number of hydrogen-bond acceptors (Lipinski definition) is 4. The van der Waals surface area contributed by atoms with Gasteiger partial charge in [-0.25, -0.2) is 4.89 Å². The van der Waals surface area contributed by atoms with Crippen LogP contribution < -0.4 is 0 Å². The van der Waals surface area contributed by atoms with Crippen LogP contribution in [0.25, 0.3) is 0 Å². The Morgan fingerprint density at radius 2 is 1.93 bits per heavy atom. The van der Waals surface area contributed by atoms with Crippen molar-refractivity contribution in [3.8, 4) is 0 Å². The summed E-state index contributed by atoms with van der Waals surface area (Å²) in [6.07, 6.45) is 0. The molecule has 0 aliphatic carbocycles. The first-order chi connectivity index (χ1) is 6.25. The van der Waals surface area contributed by atoms with Gasteiger partial charge < -0.3 is 4.74 Å². The smallest absolute Gasteiger partial charge is 0.372 e. The molecule has 14 heavy (non-hydrogen) atoms. The van der Waals surface area contributed by atoms with Gasteiger partial charge in [0.25, 0.3) is 0 Å². The van der Waals surface area contributed by atoms with Gasteiger partial charge in [0.05, 0.1) is 18.2 Å². The first-order valence-electron chi connectivity index (χ1n) is 4.26. The SMILES string of the molecule is COC(=O)[Si](C)(CCl)OOC(C)(C)C. The van der Waals surface area contributed by atoms with Crippen LogP contribution in [0.1, 0.15) is 20.8 Å². The summed E-state index contributed by atoms with van der Waals surface area (Å²) < 4.78 is 9.73. The lowest BCUT2D eigenvalue weighted by atomic mass is 10.2. The molecular weight excluding hydrogens is 224 g/mol. The molecular formula is C8H17ClO4Si. The average molecular weight is 241 g/mol. The van der Waals surface area contributed by atoms with E-state index >= 15 is 0 Å². The molecule has 84 valence electrons. The molecule has 1 atom stereocenters. The van der Waals surface area contributed by atoms with Gasteiger partial charge in [0, 0.05) is 0 Å². The van der Waals surface area contributed by atoms with Crippen LogP contribution in [0.4, 0.5) is 4.79 Å². The van der Waals surface area contributed by atoms with Crippen molar-refractivity contribution in [2.24, 2.45) is 0 Å². The number of ether oxygens (including phenoxy) is 1. The molecule has 0 aromatic carbocycles. The first-order valence-corrected chi connectivity index (χ1v) is 7.41. The molecule has 0 radical (unpaired) electrons. The molecule has 6 heteroatoms. The summed E-state index contributed by atoms with van der Waals surface area (Å²) in [5.41, 5.74) is -0.777. The Morgan fingerprint density at radius 1 is 1.43 bits per heavy atom. The van der Waals surface area contributed by atoms with E-state index in [0.29, 0.717) is 0 Å². The first kappa shape index (κ1) is 13.9. The molecule has 0 saturated heterocycles. The van der Waals surface area contributed by atoms with E-state index in [9.17, 15) is 4.79 Å². The summed E-state index contributed by atoms with van der Waals surface area (Å²) in [5.74, 6) is 0. The summed E-state index contributed by atoms with van der Waals surface area (Å²) in [4.78, 5) is 16.4. The zero-order valence-corrected chi connectivity index (χ0v) is 11.0. The third kappa shape index (κ3) is 4.41. The van der Waals surface area contributed by atoms with Crippen molar-refractivity contribution in [1.82, 2.24) is 0 Å². The van der Waals surface area contributed by atoms with Gasteiger partial charge in [-0.3, -0.25) is 9.37 Å². The lowest BCUT2D eigenvalue weighted by molar-refractivity contribution is -0.283. The van der Waals surface area contributed by atoms with Crippen LogP contribution in [-0.4, -0.2) is 32.1 Å². The van der Waals surface area contributed by atoms with E-state index < -0.39 is 19.5 Å². The van der Waals surface area contributed by atoms with Gasteiger partial charge in [0.15, 0.2) is 0 Å². The third-order valence-corrected chi connectivity index (χ3v) is 4.91. The molecule has 0 aromatic heterocycles. The molecule has 0 aliphatic rings. The van der Waals surface area contributed by atoms with Crippen LogP contribution in [0, 0.1) is 0 Å². The van der Waals surface area contributed by atoms with Gasteiger partial charge in [0.1, 0.15) is 0 Å². The van der Waals surface area contributed by atoms with Crippen molar-refractivity contribution in [2.45, 2.75) is 32.9 Å². The van der Waals surface area contributed by atoms with Gasteiger partial charge in [-0.15, -0.1) is 11.6 Å².